The number of aromatic nitrogens is 3. The van der Waals surface area contributed by atoms with E-state index in [4.69, 9.17) is 14.4 Å². The van der Waals surface area contributed by atoms with Gasteiger partial charge in [-0.15, -0.1) is 0 Å². The third kappa shape index (κ3) is 4.10. The fourth-order valence-electron chi connectivity index (χ4n) is 7.20. The van der Waals surface area contributed by atoms with Crippen molar-refractivity contribution in [2.45, 2.75) is 0 Å². The number of nitrogens with zero attached hydrogens (tertiary/aromatic N) is 3. The van der Waals surface area contributed by atoms with Gasteiger partial charge in [-0.05, 0) is 65.7 Å². The van der Waals surface area contributed by atoms with Crippen molar-refractivity contribution in [2.75, 3.05) is 0 Å². The van der Waals surface area contributed by atoms with Gasteiger partial charge in [-0.2, -0.15) is 0 Å². The summed E-state index contributed by atoms with van der Waals surface area (Å²) in [6.07, 6.45) is 0. The summed E-state index contributed by atoms with van der Waals surface area (Å²) in [6, 6.07) is 57.2. The number of hydrogen-bond acceptors (Lipinski definition) is 3. The Kier molecular flexibility index (Phi) is 5.84. The van der Waals surface area contributed by atoms with Crippen LogP contribution < -0.4 is 0 Å². The summed E-state index contributed by atoms with van der Waals surface area (Å²) >= 11 is 0. The Hall–Kier alpha value is -6.52. The van der Waals surface area contributed by atoms with Crippen molar-refractivity contribution in [3.63, 3.8) is 0 Å². The van der Waals surface area contributed by atoms with Gasteiger partial charge in [0, 0.05) is 38.4 Å². The predicted octanol–water partition coefficient (Wildman–Crippen LogP) is 11.6. The average molecular weight is 614 g/mol. The lowest BCUT2D eigenvalue weighted by molar-refractivity contribution is 0.669. The highest BCUT2D eigenvalue weighted by Crippen LogP contribution is 2.40. The molecule has 0 fully saturated rings. The van der Waals surface area contributed by atoms with Crippen LogP contribution in [-0.2, 0) is 0 Å². The van der Waals surface area contributed by atoms with Crippen LogP contribution in [0, 0.1) is 0 Å². The van der Waals surface area contributed by atoms with E-state index in [1.807, 2.05) is 18.2 Å². The average Bonchev–Trinajstić information content (AvgIpc) is 3.71. The number of fused-ring (bicyclic) bond motifs is 8. The lowest BCUT2D eigenvalue weighted by Crippen LogP contribution is -1.96. The van der Waals surface area contributed by atoms with Gasteiger partial charge in [0.1, 0.15) is 11.2 Å². The first-order chi connectivity index (χ1) is 23.8. The van der Waals surface area contributed by atoms with E-state index in [1.54, 1.807) is 0 Å². The maximum atomic E-state index is 6.32. The van der Waals surface area contributed by atoms with Crippen LogP contribution in [0.5, 0.6) is 0 Å². The van der Waals surface area contributed by atoms with Gasteiger partial charge in [-0.25, -0.2) is 9.97 Å². The second-order valence-electron chi connectivity index (χ2n) is 12.2. The molecule has 0 spiro atoms. The van der Waals surface area contributed by atoms with E-state index >= 15 is 0 Å². The Balaban J connectivity index is 1.27. The Morgan fingerprint density at radius 2 is 1.12 bits per heavy atom. The zero-order valence-corrected chi connectivity index (χ0v) is 25.8. The van der Waals surface area contributed by atoms with Crippen molar-refractivity contribution in [3.8, 4) is 39.5 Å². The molecule has 224 valence electrons. The molecular formula is C44H27N3O. The molecule has 10 rings (SSSR count). The molecule has 0 N–H and O–H groups in total. The van der Waals surface area contributed by atoms with E-state index in [2.05, 4.69) is 150 Å². The van der Waals surface area contributed by atoms with Gasteiger partial charge in [0.25, 0.3) is 0 Å². The fraction of sp³-hybridized carbons (Fsp3) is 0. The fourth-order valence-corrected chi connectivity index (χ4v) is 7.20. The summed E-state index contributed by atoms with van der Waals surface area (Å²) in [5, 5.41) is 5.43. The Bertz CT molecular complexity index is 2830. The molecule has 0 bridgehead atoms. The molecule has 0 radical (unpaired) electrons. The Morgan fingerprint density at radius 3 is 2.00 bits per heavy atom. The lowest BCUT2D eigenvalue weighted by atomic mass is 10.00. The third-order valence-electron chi connectivity index (χ3n) is 9.39. The monoisotopic (exact) mass is 613 g/mol. The minimum absolute atomic E-state index is 0.680. The van der Waals surface area contributed by atoms with E-state index in [0.717, 1.165) is 72.0 Å². The molecule has 0 aliphatic rings. The van der Waals surface area contributed by atoms with Gasteiger partial charge in [-0.3, -0.25) is 0 Å². The normalized spacial score (nSPS) is 11.8. The summed E-state index contributed by atoms with van der Waals surface area (Å²) < 4.78 is 8.66. The molecule has 4 heteroatoms. The van der Waals surface area contributed by atoms with Gasteiger partial charge in [0.15, 0.2) is 5.82 Å². The smallest absolute Gasteiger partial charge is 0.160 e. The van der Waals surface area contributed by atoms with Crippen molar-refractivity contribution in [1.29, 1.82) is 0 Å². The molecule has 10 aromatic rings. The Labute approximate surface area is 276 Å². The molecular weight excluding hydrogens is 587 g/mol. The first-order valence-electron chi connectivity index (χ1n) is 16.2. The second kappa shape index (κ2) is 10.5. The highest BCUT2D eigenvalue weighted by Gasteiger charge is 2.19. The van der Waals surface area contributed by atoms with Gasteiger partial charge < -0.3 is 8.98 Å². The topological polar surface area (TPSA) is 43.9 Å². The van der Waals surface area contributed by atoms with Gasteiger partial charge in [-0.1, -0.05) is 109 Å². The zero-order chi connectivity index (χ0) is 31.6. The maximum absolute atomic E-state index is 6.32. The molecule has 3 aromatic heterocycles. The van der Waals surface area contributed by atoms with Crippen molar-refractivity contribution in [2.24, 2.45) is 0 Å². The van der Waals surface area contributed by atoms with E-state index in [1.165, 1.54) is 16.3 Å². The largest absolute Gasteiger partial charge is 0.456 e. The highest BCUT2D eigenvalue weighted by molar-refractivity contribution is 6.20. The summed E-state index contributed by atoms with van der Waals surface area (Å²) in [6.45, 7) is 0. The van der Waals surface area contributed by atoms with Gasteiger partial charge in [0.05, 0.1) is 27.6 Å². The SMILES string of the molecule is c1ccc(-c2cccc(-c3nc(-c4ccc5c(c4)c4ccccc4n5-c4ccccc4)c4ccc5oc6ccccc6c5c4n3)c2)cc1. The summed E-state index contributed by atoms with van der Waals surface area (Å²) in [5.41, 5.74) is 11.2. The quantitative estimate of drug-likeness (QED) is 0.198. The number of para-hydroxylation sites is 3. The molecule has 0 amide bonds. The van der Waals surface area contributed by atoms with Crippen molar-refractivity contribution in [1.82, 2.24) is 14.5 Å². The van der Waals surface area contributed by atoms with Crippen LogP contribution in [0.2, 0.25) is 0 Å². The van der Waals surface area contributed by atoms with Crippen LogP contribution in [-0.4, -0.2) is 14.5 Å². The molecule has 0 unspecified atom stereocenters. The van der Waals surface area contributed by atoms with Crippen LogP contribution in [0.1, 0.15) is 0 Å². The van der Waals surface area contributed by atoms with E-state index in [-0.39, 0.29) is 0 Å². The predicted molar refractivity (Wildman–Crippen MR) is 197 cm³/mol. The van der Waals surface area contributed by atoms with E-state index in [0.29, 0.717) is 5.82 Å². The van der Waals surface area contributed by atoms with E-state index in [9.17, 15) is 0 Å². The molecule has 0 saturated carbocycles. The maximum Gasteiger partial charge on any atom is 0.160 e. The van der Waals surface area contributed by atoms with Crippen LogP contribution >= 0.6 is 0 Å². The van der Waals surface area contributed by atoms with Crippen LogP contribution in [0.4, 0.5) is 0 Å². The third-order valence-corrected chi connectivity index (χ3v) is 9.39. The minimum atomic E-state index is 0.680. The van der Waals surface area contributed by atoms with Gasteiger partial charge >= 0.3 is 0 Å². The second-order valence-corrected chi connectivity index (χ2v) is 12.2. The molecule has 0 aliphatic carbocycles. The molecule has 3 heterocycles. The molecule has 4 nitrogen and oxygen atoms in total. The molecule has 0 aliphatic heterocycles. The van der Waals surface area contributed by atoms with Crippen LogP contribution in [0.3, 0.4) is 0 Å². The summed E-state index contributed by atoms with van der Waals surface area (Å²) in [5.74, 6) is 0.680. The van der Waals surface area contributed by atoms with Crippen molar-refractivity contribution >= 4 is 54.6 Å². The zero-order valence-electron chi connectivity index (χ0n) is 25.8. The number of rotatable bonds is 4. The standard InChI is InChI=1S/C44H27N3O/c1-3-12-28(13-4-1)29-14-11-15-31(26-29)44-45-42(35-23-25-40-41(43(35)46-44)34-19-8-10-21-39(34)48-40)30-22-24-38-36(27-30)33-18-7-9-20-37(33)47(38)32-16-5-2-6-17-32/h1-27H. The summed E-state index contributed by atoms with van der Waals surface area (Å²) in [7, 11) is 0. The highest BCUT2D eigenvalue weighted by atomic mass is 16.3. The number of benzene rings is 7. The van der Waals surface area contributed by atoms with Crippen LogP contribution in [0.15, 0.2) is 168 Å². The summed E-state index contributed by atoms with van der Waals surface area (Å²) in [4.78, 5) is 10.6. The van der Waals surface area contributed by atoms with Gasteiger partial charge in [0.2, 0.25) is 0 Å². The Morgan fingerprint density at radius 1 is 0.417 bits per heavy atom. The number of hydrogen-bond donors (Lipinski definition) is 0. The molecule has 48 heavy (non-hydrogen) atoms. The van der Waals surface area contributed by atoms with E-state index < -0.39 is 0 Å². The minimum Gasteiger partial charge on any atom is -0.456 e. The molecule has 7 aromatic carbocycles. The molecule has 0 saturated heterocycles. The molecule has 0 atom stereocenters. The van der Waals surface area contributed by atoms with Crippen LogP contribution in [0.25, 0.3) is 94.1 Å². The van der Waals surface area contributed by atoms with Crippen molar-refractivity contribution in [3.05, 3.63) is 164 Å². The lowest BCUT2D eigenvalue weighted by Gasteiger charge is -2.12. The number of furan rings is 1. The van der Waals surface area contributed by atoms with Crippen molar-refractivity contribution < 1.29 is 4.42 Å². The first-order valence-corrected chi connectivity index (χ1v) is 16.2. The first kappa shape index (κ1) is 26.7.